The fourth-order valence-electron chi connectivity index (χ4n) is 4.72. The van der Waals surface area contributed by atoms with Gasteiger partial charge in [0.05, 0.1) is 31.9 Å². The third-order valence-electron chi connectivity index (χ3n) is 6.83. The Labute approximate surface area is 225 Å². The fraction of sp³-hybridized carbons (Fsp3) is 0.375. The topological polar surface area (TPSA) is 104 Å². The standard InChI is InChI=1S/C24H21ClF3N5O3S2/c25-16-7-13-10-29-4-3-12(13)8-17(16)31-23-30-11-15(24(26,27)28)20(32-23)18-9-19-21(37-18)22(34)33(14-1-2-14)5-6-38(19,35)36/h7-9,11,14,29H,1-6,10H2,(H,30,31,32). The number of amides is 1. The number of hydrogen-bond donors (Lipinski definition) is 2. The molecule has 38 heavy (non-hydrogen) atoms. The predicted octanol–water partition coefficient (Wildman–Crippen LogP) is 4.66. The van der Waals surface area contributed by atoms with E-state index in [0.717, 1.165) is 43.0 Å². The molecule has 2 aliphatic heterocycles. The number of alkyl halides is 3. The number of anilines is 2. The molecule has 1 saturated carbocycles. The molecule has 0 bridgehead atoms. The highest BCUT2D eigenvalue weighted by atomic mass is 35.5. The van der Waals surface area contributed by atoms with Crippen molar-refractivity contribution >= 4 is 50.3 Å². The summed E-state index contributed by atoms with van der Waals surface area (Å²) in [6, 6.07) is 4.70. The van der Waals surface area contributed by atoms with E-state index in [1.165, 1.54) is 4.90 Å². The average Bonchev–Trinajstić information content (AvgIpc) is 3.60. The van der Waals surface area contributed by atoms with E-state index in [1.807, 2.05) is 6.07 Å². The number of sulfone groups is 1. The van der Waals surface area contributed by atoms with E-state index in [-0.39, 0.29) is 38.9 Å². The lowest BCUT2D eigenvalue weighted by Crippen LogP contribution is -2.34. The van der Waals surface area contributed by atoms with Gasteiger partial charge in [0.25, 0.3) is 5.91 Å². The molecule has 6 rings (SSSR count). The second kappa shape index (κ2) is 9.18. The number of nitrogens with zero attached hydrogens (tertiary/aromatic N) is 3. The minimum Gasteiger partial charge on any atom is -0.334 e. The molecule has 0 atom stereocenters. The van der Waals surface area contributed by atoms with Gasteiger partial charge in [0.2, 0.25) is 5.95 Å². The molecule has 2 aromatic heterocycles. The van der Waals surface area contributed by atoms with Crippen molar-refractivity contribution in [1.29, 1.82) is 0 Å². The molecule has 3 aliphatic rings. The maximum absolute atomic E-state index is 14.0. The summed E-state index contributed by atoms with van der Waals surface area (Å²) in [7, 11) is -3.87. The molecule has 4 heterocycles. The first-order valence-electron chi connectivity index (χ1n) is 11.9. The van der Waals surface area contributed by atoms with Crippen LogP contribution in [0.5, 0.6) is 0 Å². The van der Waals surface area contributed by atoms with E-state index in [9.17, 15) is 26.4 Å². The molecular weight excluding hydrogens is 563 g/mol. The van der Waals surface area contributed by atoms with Crippen LogP contribution in [0, 0.1) is 0 Å². The maximum Gasteiger partial charge on any atom is 0.420 e. The van der Waals surface area contributed by atoms with E-state index in [2.05, 4.69) is 20.6 Å². The van der Waals surface area contributed by atoms with E-state index in [0.29, 0.717) is 34.8 Å². The van der Waals surface area contributed by atoms with Gasteiger partial charge in [-0.2, -0.15) is 13.2 Å². The Kier molecular flexibility index (Phi) is 6.17. The van der Waals surface area contributed by atoms with Gasteiger partial charge < -0.3 is 15.5 Å². The normalized spacial score (nSPS) is 19.1. The first-order valence-corrected chi connectivity index (χ1v) is 14.8. The molecule has 0 spiro atoms. The van der Waals surface area contributed by atoms with Crippen LogP contribution in [0.2, 0.25) is 5.02 Å². The predicted molar refractivity (Wildman–Crippen MR) is 137 cm³/mol. The van der Waals surface area contributed by atoms with Gasteiger partial charge in [0.15, 0.2) is 9.84 Å². The number of fused-ring (bicyclic) bond motifs is 2. The molecular formula is C24H21ClF3N5O3S2. The molecule has 1 fully saturated rings. The molecule has 0 saturated heterocycles. The molecule has 1 aliphatic carbocycles. The van der Waals surface area contributed by atoms with Crippen molar-refractivity contribution in [3.8, 4) is 10.6 Å². The molecule has 200 valence electrons. The van der Waals surface area contributed by atoms with Crippen molar-refractivity contribution in [2.24, 2.45) is 0 Å². The van der Waals surface area contributed by atoms with Crippen molar-refractivity contribution < 1.29 is 26.4 Å². The number of nitrogens with one attached hydrogen (secondary N) is 2. The molecule has 1 aromatic carbocycles. The van der Waals surface area contributed by atoms with Gasteiger partial charge in [-0.1, -0.05) is 11.6 Å². The minimum atomic E-state index is -4.81. The summed E-state index contributed by atoms with van der Waals surface area (Å²) < 4.78 is 67.9. The highest BCUT2D eigenvalue weighted by Crippen LogP contribution is 2.43. The Morgan fingerprint density at radius 1 is 1.18 bits per heavy atom. The number of rotatable bonds is 4. The third-order valence-corrected chi connectivity index (χ3v) is 10.1. The van der Waals surface area contributed by atoms with E-state index in [4.69, 9.17) is 11.6 Å². The van der Waals surface area contributed by atoms with Gasteiger partial charge in [0.1, 0.15) is 10.4 Å². The lowest BCUT2D eigenvalue weighted by atomic mass is 10.0. The summed E-state index contributed by atoms with van der Waals surface area (Å²) in [4.78, 5) is 22.3. The minimum absolute atomic E-state index is 0.0352. The van der Waals surface area contributed by atoms with Crippen LogP contribution in [0.3, 0.4) is 0 Å². The van der Waals surface area contributed by atoms with Gasteiger partial charge in [-0.05, 0) is 55.1 Å². The Balaban J connectivity index is 1.43. The fourth-order valence-corrected chi connectivity index (χ4v) is 7.87. The van der Waals surface area contributed by atoms with Crippen molar-refractivity contribution in [2.45, 2.75) is 42.9 Å². The smallest absolute Gasteiger partial charge is 0.334 e. The van der Waals surface area contributed by atoms with Crippen LogP contribution >= 0.6 is 22.9 Å². The summed E-state index contributed by atoms with van der Waals surface area (Å²) in [5.41, 5.74) is 0.886. The lowest BCUT2D eigenvalue weighted by Gasteiger charge is -2.19. The molecule has 0 unspecified atom stereocenters. The maximum atomic E-state index is 14.0. The SMILES string of the molecule is O=C1c2sc(-c3nc(Nc4cc5c(cc4Cl)CNCC5)ncc3C(F)(F)F)cc2S(=O)(=O)CCN1C1CC1. The zero-order valence-corrected chi connectivity index (χ0v) is 22.1. The van der Waals surface area contributed by atoms with Crippen LogP contribution in [-0.4, -0.2) is 54.1 Å². The van der Waals surface area contributed by atoms with E-state index < -0.39 is 33.2 Å². The van der Waals surface area contributed by atoms with Crippen molar-refractivity contribution in [3.63, 3.8) is 0 Å². The quantitative estimate of drug-likeness (QED) is 0.460. The monoisotopic (exact) mass is 583 g/mol. The molecule has 2 N–H and O–H groups in total. The van der Waals surface area contributed by atoms with Crippen LogP contribution in [-0.2, 0) is 29.0 Å². The number of thiophene rings is 1. The summed E-state index contributed by atoms with van der Waals surface area (Å²) in [6.45, 7) is 1.52. The van der Waals surface area contributed by atoms with Crippen LogP contribution < -0.4 is 10.6 Å². The summed E-state index contributed by atoms with van der Waals surface area (Å²) in [5.74, 6) is -0.898. The Morgan fingerprint density at radius 2 is 1.97 bits per heavy atom. The molecule has 1 amide bonds. The highest BCUT2D eigenvalue weighted by Gasteiger charge is 2.41. The van der Waals surface area contributed by atoms with Gasteiger partial charge in [-0.3, -0.25) is 4.79 Å². The number of hydrogen-bond acceptors (Lipinski definition) is 8. The summed E-state index contributed by atoms with van der Waals surface area (Å²) >= 11 is 7.12. The van der Waals surface area contributed by atoms with E-state index >= 15 is 0 Å². The van der Waals surface area contributed by atoms with Gasteiger partial charge in [-0.15, -0.1) is 11.3 Å². The number of carbonyl (C=O) groups excluding carboxylic acids is 1. The van der Waals surface area contributed by atoms with Crippen molar-refractivity contribution in [3.05, 3.63) is 51.0 Å². The average molecular weight is 584 g/mol. The highest BCUT2D eigenvalue weighted by molar-refractivity contribution is 7.91. The van der Waals surface area contributed by atoms with Gasteiger partial charge in [0, 0.05) is 25.3 Å². The Bertz CT molecular complexity index is 1570. The van der Waals surface area contributed by atoms with Crippen LogP contribution in [0.25, 0.3) is 10.6 Å². The van der Waals surface area contributed by atoms with Crippen molar-refractivity contribution in [1.82, 2.24) is 20.2 Å². The molecule has 0 radical (unpaired) electrons. The number of halogens is 4. The molecule has 14 heteroatoms. The van der Waals surface area contributed by atoms with Crippen molar-refractivity contribution in [2.75, 3.05) is 24.2 Å². The Hall–Kier alpha value is -2.74. The second-order valence-electron chi connectivity index (χ2n) is 9.46. The zero-order valence-electron chi connectivity index (χ0n) is 19.7. The first kappa shape index (κ1) is 25.5. The van der Waals surface area contributed by atoms with Gasteiger partial charge >= 0.3 is 6.18 Å². The van der Waals surface area contributed by atoms with Crippen LogP contribution in [0.15, 0.2) is 29.3 Å². The van der Waals surface area contributed by atoms with Crippen LogP contribution in [0.1, 0.15) is 39.2 Å². The Morgan fingerprint density at radius 3 is 2.71 bits per heavy atom. The zero-order chi connectivity index (χ0) is 26.8. The number of benzene rings is 1. The molecule has 8 nitrogen and oxygen atoms in total. The summed E-state index contributed by atoms with van der Waals surface area (Å²) in [5, 5.41) is 6.52. The lowest BCUT2D eigenvalue weighted by molar-refractivity contribution is -0.137. The number of aromatic nitrogens is 2. The third kappa shape index (κ3) is 4.65. The van der Waals surface area contributed by atoms with E-state index in [1.54, 1.807) is 6.07 Å². The molecule has 3 aromatic rings. The van der Waals surface area contributed by atoms with Crippen LogP contribution in [0.4, 0.5) is 24.8 Å². The second-order valence-corrected chi connectivity index (χ2v) is 13.0. The summed E-state index contributed by atoms with van der Waals surface area (Å²) in [6.07, 6.45) is -1.84. The first-order chi connectivity index (χ1) is 18.0. The largest absolute Gasteiger partial charge is 0.420 e. The number of carbonyl (C=O) groups is 1. The van der Waals surface area contributed by atoms with Gasteiger partial charge in [-0.25, -0.2) is 18.4 Å².